The highest BCUT2D eigenvalue weighted by atomic mass is 35.5. The second kappa shape index (κ2) is 7.11. The molecule has 2 aromatic rings. The highest BCUT2D eigenvalue weighted by Gasteiger charge is 2.31. The minimum atomic E-state index is -0.354. The van der Waals surface area contributed by atoms with Crippen molar-refractivity contribution < 1.29 is 9.59 Å². The first-order valence-electron chi connectivity index (χ1n) is 7.40. The van der Waals surface area contributed by atoms with Crippen LogP contribution in [-0.4, -0.2) is 24.5 Å². The van der Waals surface area contributed by atoms with Crippen molar-refractivity contribution in [2.45, 2.75) is 12.5 Å². The fraction of sp³-hybridized carbons (Fsp3) is 0.176. The number of urea groups is 1. The van der Waals surface area contributed by atoms with Gasteiger partial charge in [0.25, 0.3) is 0 Å². The predicted molar refractivity (Wildman–Crippen MR) is 95.8 cm³/mol. The summed E-state index contributed by atoms with van der Waals surface area (Å²) in [5.74, 6) is -0.0332. The number of amides is 3. The highest BCUT2D eigenvalue weighted by Crippen LogP contribution is 2.23. The van der Waals surface area contributed by atoms with E-state index in [0.717, 1.165) is 5.69 Å². The molecule has 1 aliphatic rings. The molecular weight excluding hydrogens is 349 g/mol. The van der Waals surface area contributed by atoms with Crippen molar-refractivity contribution in [1.29, 1.82) is 0 Å². The number of benzene rings is 2. The van der Waals surface area contributed by atoms with Crippen molar-refractivity contribution in [3.8, 4) is 0 Å². The molecule has 2 N–H and O–H groups in total. The van der Waals surface area contributed by atoms with Crippen LogP contribution in [0.1, 0.15) is 6.42 Å². The van der Waals surface area contributed by atoms with Crippen LogP contribution < -0.4 is 15.5 Å². The smallest absolute Gasteiger partial charge is 0.319 e. The van der Waals surface area contributed by atoms with Gasteiger partial charge in [-0.05, 0) is 48.5 Å². The Labute approximate surface area is 149 Å². The van der Waals surface area contributed by atoms with E-state index < -0.39 is 0 Å². The van der Waals surface area contributed by atoms with Crippen LogP contribution in [-0.2, 0) is 4.79 Å². The number of halogens is 2. The number of carbonyl (C=O) groups is 2. The van der Waals surface area contributed by atoms with E-state index in [1.165, 1.54) is 0 Å². The van der Waals surface area contributed by atoms with Crippen LogP contribution >= 0.6 is 23.2 Å². The number of carbonyl (C=O) groups excluding carboxylic acids is 2. The molecule has 124 valence electrons. The maximum atomic E-state index is 12.2. The van der Waals surface area contributed by atoms with Gasteiger partial charge >= 0.3 is 6.03 Å². The average Bonchev–Trinajstić information content (AvgIpc) is 2.90. The molecule has 1 fully saturated rings. The lowest BCUT2D eigenvalue weighted by Crippen LogP contribution is -2.39. The lowest BCUT2D eigenvalue weighted by molar-refractivity contribution is -0.117. The molecule has 0 radical (unpaired) electrons. The van der Waals surface area contributed by atoms with Crippen LogP contribution in [0.4, 0.5) is 16.2 Å². The number of hydrogen-bond donors (Lipinski definition) is 2. The normalized spacial score (nSPS) is 17.0. The van der Waals surface area contributed by atoms with Crippen molar-refractivity contribution in [2.24, 2.45) is 0 Å². The van der Waals surface area contributed by atoms with Gasteiger partial charge < -0.3 is 15.5 Å². The summed E-state index contributed by atoms with van der Waals surface area (Å²) in [5.41, 5.74) is 1.41. The Bertz CT molecular complexity index is 747. The lowest BCUT2D eigenvalue weighted by Gasteiger charge is -2.17. The molecule has 0 saturated carbocycles. The second-order valence-electron chi connectivity index (χ2n) is 5.49. The van der Waals surface area contributed by atoms with E-state index >= 15 is 0 Å². The van der Waals surface area contributed by atoms with Gasteiger partial charge in [0.15, 0.2) is 0 Å². The van der Waals surface area contributed by atoms with Crippen molar-refractivity contribution in [2.75, 3.05) is 16.8 Å². The van der Waals surface area contributed by atoms with Crippen molar-refractivity contribution in [3.63, 3.8) is 0 Å². The molecule has 0 spiro atoms. The molecule has 3 rings (SSSR count). The predicted octanol–water partition coefficient (Wildman–Crippen LogP) is 3.92. The molecule has 0 unspecified atom stereocenters. The summed E-state index contributed by atoms with van der Waals surface area (Å²) in [6, 6.07) is 13.2. The average molecular weight is 364 g/mol. The van der Waals surface area contributed by atoms with Crippen molar-refractivity contribution in [1.82, 2.24) is 5.32 Å². The third-order valence-electron chi connectivity index (χ3n) is 3.70. The summed E-state index contributed by atoms with van der Waals surface area (Å²) in [4.78, 5) is 25.8. The van der Waals surface area contributed by atoms with Gasteiger partial charge in [0.1, 0.15) is 0 Å². The van der Waals surface area contributed by atoms with Crippen molar-refractivity contribution in [3.05, 3.63) is 58.6 Å². The molecule has 0 aromatic heterocycles. The monoisotopic (exact) mass is 363 g/mol. The Hall–Kier alpha value is -2.24. The van der Waals surface area contributed by atoms with Crippen molar-refractivity contribution >= 4 is 46.5 Å². The third-order valence-corrected chi connectivity index (χ3v) is 4.20. The molecule has 0 bridgehead atoms. The zero-order valence-corrected chi connectivity index (χ0v) is 14.1. The Kier molecular flexibility index (Phi) is 4.92. The first-order valence-corrected chi connectivity index (χ1v) is 8.16. The van der Waals surface area contributed by atoms with Crippen LogP contribution in [0.15, 0.2) is 48.5 Å². The van der Waals surface area contributed by atoms with Gasteiger partial charge in [-0.3, -0.25) is 4.79 Å². The van der Waals surface area contributed by atoms with Crippen LogP contribution in [0.2, 0.25) is 10.0 Å². The molecule has 1 aliphatic heterocycles. The number of hydrogen-bond acceptors (Lipinski definition) is 2. The standard InChI is InChI=1S/C17H15Cl2N3O2/c18-11-1-5-13(6-2-11)20-17(24)21-14-9-16(23)22(10-14)15-7-3-12(19)4-8-15/h1-8,14H,9-10H2,(H2,20,21,24)/t14-/m0/s1. The Balaban J connectivity index is 1.58. The fourth-order valence-electron chi connectivity index (χ4n) is 2.56. The molecule has 1 atom stereocenters. The van der Waals surface area contributed by atoms with E-state index in [2.05, 4.69) is 10.6 Å². The van der Waals surface area contributed by atoms with Gasteiger partial charge in [0.05, 0.1) is 6.04 Å². The van der Waals surface area contributed by atoms with E-state index in [4.69, 9.17) is 23.2 Å². The summed E-state index contributed by atoms with van der Waals surface area (Å²) in [6.45, 7) is 0.425. The number of nitrogens with zero attached hydrogens (tertiary/aromatic N) is 1. The first-order chi connectivity index (χ1) is 11.5. The quantitative estimate of drug-likeness (QED) is 0.867. The Morgan fingerprint density at radius 2 is 1.58 bits per heavy atom. The number of anilines is 2. The summed E-state index contributed by atoms with van der Waals surface area (Å²) >= 11 is 11.7. The second-order valence-corrected chi connectivity index (χ2v) is 6.36. The topological polar surface area (TPSA) is 61.4 Å². The number of rotatable bonds is 3. The van der Waals surface area contributed by atoms with Crippen LogP contribution in [0.3, 0.4) is 0 Å². The van der Waals surface area contributed by atoms with E-state index in [9.17, 15) is 9.59 Å². The van der Waals surface area contributed by atoms with Gasteiger partial charge in [-0.2, -0.15) is 0 Å². The molecule has 1 saturated heterocycles. The number of nitrogens with one attached hydrogen (secondary N) is 2. The highest BCUT2D eigenvalue weighted by molar-refractivity contribution is 6.31. The molecule has 7 heteroatoms. The third kappa shape index (κ3) is 3.99. The Morgan fingerprint density at radius 1 is 1.00 bits per heavy atom. The van der Waals surface area contributed by atoms with Gasteiger partial charge in [-0.15, -0.1) is 0 Å². The van der Waals surface area contributed by atoms with Crippen LogP contribution in [0.25, 0.3) is 0 Å². The van der Waals surface area contributed by atoms with Gasteiger partial charge in [0.2, 0.25) is 5.91 Å². The Morgan fingerprint density at radius 3 is 2.21 bits per heavy atom. The zero-order chi connectivity index (χ0) is 17.1. The lowest BCUT2D eigenvalue weighted by atomic mass is 10.2. The molecule has 5 nitrogen and oxygen atoms in total. The molecule has 0 aliphatic carbocycles. The van der Waals surface area contributed by atoms with E-state index in [-0.39, 0.29) is 24.4 Å². The molecular formula is C17H15Cl2N3O2. The largest absolute Gasteiger partial charge is 0.333 e. The van der Waals surface area contributed by atoms with Gasteiger partial charge in [-0.25, -0.2) is 4.79 Å². The van der Waals surface area contributed by atoms with Gasteiger partial charge in [-0.1, -0.05) is 23.2 Å². The minimum Gasteiger partial charge on any atom is -0.333 e. The van der Waals surface area contributed by atoms with E-state index in [0.29, 0.717) is 22.3 Å². The molecule has 1 heterocycles. The summed E-state index contributed by atoms with van der Waals surface area (Å²) in [6.07, 6.45) is 0.261. The maximum absolute atomic E-state index is 12.2. The first kappa shape index (κ1) is 16.6. The van der Waals surface area contributed by atoms with Crippen LogP contribution in [0.5, 0.6) is 0 Å². The molecule has 24 heavy (non-hydrogen) atoms. The van der Waals surface area contributed by atoms with E-state index in [1.807, 2.05) is 0 Å². The minimum absolute atomic E-state index is 0.0332. The molecule has 3 amide bonds. The van der Waals surface area contributed by atoms with Crippen LogP contribution in [0, 0.1) is 0 Å². The van der Waals surface area contributed by atoms with Gasteiger partial charge in [0, 0.05) is 34.4 Å². The fourth-order valence-corrected chi connectivity index (χ4v) is 2.81. The molecule has 2 aromatic carbocycles. The summed E-state index contributed by atoms with van der Waals surface area (Å²) in [7, 11) is 0. The summed E-state index contributed by atoms with van der Waals surface area (Å²) in [5, 5.41) is 6.74. The van der Waals surface area contributed by atoms with E-state index in [1.54, 1.807) is 53.4 Å². The SMILES string of the molecule is O=C(Nc1ccc(Cl)cc1)N[C@H]1CC(=O)N(c2ccc(Cl)cc2)C1. The summed E-state index contributed by atoms with van der Waals surface area (Å²) < 4.78 is 0. The maximum Gasteiger partial charge on any atom is 0.319 e. The zero-order valence-electron chi connectivity index (χ0n) is 12.6.